The Kier molecular flexibility index (Phi) is 24.2. The van der Waals surface area contributed by atoms with Gasteiger partial charge in [0.15, 0.2) is 11.7 Å². The summed E-state index contributed by atoms with van der Waals surface area (Å²) in [5.74, 6) is -5.03. The molecule has 0 bridgehead atoms. The van der Waals surface area contributed by atoms with Crippen LogP contribution in [0.1, 0.15) is 83.8 Å². The lowest BCUT2D eigenvalue weighted by Gasteiger charge is -2.28. The third-order valence-corrected chi connectivity index (χ3v) is 9.93. The van der Waals surface area contributed by atoms with E-state index in [4.69, 9.17) is 22.9 Å². The van der Waals surface area contributed by atoms with Gasteiger partial charge < -0.3 is 59.9 Å². The lowest BCUT2D eigenvalue weighted by Crippen LogP contribution is -2.60. The highest BCUT2D eigenvalue weighted by molar-refractivity contribution is 5.97. The number of benzene rings is 2. The molecular weight excluding hydrogens is 811 g/mol. The van der Waals surface area contributed by atoms with Crippen molar-refractivity contribution in [1.82, 2.24) is 31.9 Å². The van der Waals surface area contributed by atoms with Crippen LogP contribution in [0.4, 0.5) is 0 Å². The maximum atomic E-state index is 14.3. The van der Waals surface area contributed by atoms with Crippen molar-refractivity contribution in [1.29, 1.82) is 0 Å². The van der Waals surface area contributed by atoms with Gasteiger partial charge in [0.2, 0.25) is 35.4 Å². The zero-order valence-electron chi connectivity index (χ0n) is 36.9. The van der Waals surface area contributed by atoms with Gasteiger partial charge in [-0.05, 0) is 56.2 Å². The van der Waals surface area contributed by atoms with Crippen LogP contribution in [-0.2, 0) is 46.4 Å². The number of hydrogen-bond acceptors (Lipinski definition) is 11. The van der Waals surface area contributed by atoms with Gasteiger partial charge in [0.25, 0.3) is 0 Å². The summed E-state index contributed by atoms with van der Waals surface area (Å²) in [5.41, 5.74) is 23.4. The Hall–Kier alpha value is -5.92. The Bertz CT molecular complexity index is 1790. The second kappa shape index (κ2) is 28.6. The number of guanidine groups is 1. The van der Waals surface area contributed by atoms with Gasteiger partial charge >= 0.3 is 0 Å². The zero-order chi connectivity index (χ0) is 46.9. The number of nitrogens with zero attached hydrogens (tertiary/aromatic N) is 1. The monoisotopic (exact) mass is 880 g/mol. The van der Waals surface area contributed by atoms with Crippen LogP contribution in [0.5, 0.6) is 0 Å². The van der Waals surface area contributed by atoms with Crippen LogP contribution >= 0.6 is 0 Å². The maximum Gasteiger partial charge on any atom is 0.245 e. The lowest BCUT2D eigenvalue weighted by molar-refractivity contribution is -0.135. The number of carbonyl (C=O) groups is 7. The van der Waals surface area contributed by atoms with Crippen LogP contribution in [0.2, 0.25) is 0 Å². The Labute approximate surface area is 370 Å². The third-order valence-electron chi connectivity index (χ3n) is 9.93. The highest BCUT2D eigenvalue weighted by atomic mass is 16.3. The fourth-order valence-corrected chi connectivity index (χ4v) is 6.61. The molecule has 6 atom stereocenters. The predicted octanol–water partition coefficient (Wildman–Crippen LogP) is -1.07. The van der Waals surface area contributed by atoms with E-state index in [1.165, 1.54) is 0 Å². The van der Waals surface area contributed by atoms with Crippen molar-refractivity contribution < 1.29 is 38.7 Å². The molecule has 0 aliphatic heterocycles. The highest BCUT2D eigenvalue weighted by Crippen LogP contribution is 2.12. The molecule has 348 valence electrons. The molecule has 0 spiro atoms. The molecular formula is C44H69N11O8. The molecule has 19 heteroatoms. The van der Waals surface area contributed by atoms with E-state index in [-0.39, 0.29) is 68.8 Å². The van der Waals surface area contributed by atoms with Crippen molar-refractivity contribution in [2.45, 2.75) is 128 Å². The van der Waals surface area contributed by atoms with E-state index >= 15 is 0 Å². The van der Waals surface area contributed by atoms with E-state index < -0.39 is 78.3 Å². The largest absolute Gasteiger partial charge is 0.394 e. The second-order valence-electron chi connectivity index (χ2n) is 16.0. The molecule has 63 heavy (non-hydrogen) atoms. The molecule has 0 heterocycles. The second-order valence-corrected chi connectivity index (χ2v) is 16.0. The normalized spacial score (nSPS) is 14.0. The van der Waals surface area contributed by atoms with Crippen molar-refractivity contribution in [3.8, 4) is 0 Å². The quantitative estimate of drug-likeness (QED) is 0.0254. The summed E-state index contributed by atoms with van der Waals surface area (Å²) in [4.78, 5) is 98.3. The number of carbonyl (C=O) groups excluding carboxylic acids is 7. The zero-order valence-corrected chi connectivity index (χ0v) is 36.9. The van der Waals surface area contributed by atoms with E-state index in [2.05, 4.69) is 36.9 Å². The number of ketones is 1. The number of aliphatic imine (C=N–C) groups is 1. The number of aliphatic hydroxyl groups is 1. The summed E-state index contributed by atoms with van der Waals surface area (Å²) in [6.07, 6.45) is 1.73. The average Bonchev–Trinajstić information content (AvgIpc) is 3.24. The van der Waals surface area contributed by atoms with E-state index in [0.29, 0.717) is 31.4 Å². The fraction of sp³-hybridized carbons (Fsp3) is 0.545. The van der Waals surface area contributed by atoms with Crippen molar-refractivity contribution in [3.63, 3.8) is 0 Å². The molecule has 0 saturated carbocycles. The number of unbranched alkanes of at least 4 members (excludes halogenated alkanes) is 1. The molecule has 0 aliphatic carbocycles. The standard InChI is InChI=1S/C44H69N11O8/c1-27(2)38(58)31(18-11-12-22-45)51-41(61)34(24-29-14-7-5-8-15-29)53-39(59)32(19-13-23-49-44(47)48)52-42(62)35(25-30-16-9-6-10-17-30)54-43(63)36(26-56)55-40(60)33(50-28(3)4)20-21-37(46)57/h5-10,14-17,27-28,31-36,50,56H,11-13,18-26,45H2,1-4H3,(H2,46,57)(H,51,61)(H,52,62)(H,53,59)(H,54,63)(H,55,60)(H4,47,48,49)/t31-,32-,33-,34-,35-,36-/m0/s1. The van der Waals surface area contributed by atoms with Gasteiger partial charge in [-0.15, -0.1) is 0 Å². The van der Waals surface area contributed by atoms with Gasteiger partial charge in [-0.1, -0.05) is 88.4 Å². The van der Waals surface area contributed by atoms with Gasteiger partial charge in [-0.25, -0.2) is 0 Å². The van der Waals surface area contributed by atoms with E-state index in [1.807, 2.05) is 6.07 Å². The molecule has 0 saturated heterocycles. The third kappa shape index (κ3) is 20.7. The molecule has 19 nitrogen and oxygen atoms in total. The van der Waals surface area contributed by atoms with Gasteiger partial charge in [-0.2, -0.15) is 0 Å². The number of aliphatic hydroxyl groups excluding tert-OH is 1. The number of primary amides is 1. The molecule has 15 N–H and O–H groups in total. The Morgan fingerprint density at radius 2 is 1.02 bits per heavy atom. The maximum absolute atomic E-state index is 14.3. The molecule has 0 fully saturated rings. The van der Waals surface area contributed by atoms with Gasteiger partial charge in [0.1, 0.15) is 24.2 Å². The van der Waals surface area contributed by atoms with Gasteiger partial charge in [0, 0.05) is 37.8 Å². The highest BCUT2D eigenvalue weighted by Gasteiger charge is 2.34. The van der Waals surface area contributed by atoms with Gasteiger partial charge in [-0.3, -0.25) is 38.6 Å². The predicted molar refractivity (Wildman–Crippen MR) is 240 cm³/mol. The summed E-state index contributed by atoms with van der Waals surface area (Å²) in [5, 5.41) is 26.7. The molecule has 0 unspecified atom stereocenters. The molecule has 0 aromatic heterocycles. The minimum atomic E-state index is -1.51. The molecule has 0 aliphatic rings. The fourth-order valence-electron chi connectivity index (χ4n) is 6.61. The van der Waals surface area contributed by atoms with Crippen LogP contribution in [-0.4, -0.2) is 114 Å². The number of hydrogen-bond donors (Lipinski definition) is 11. The van der Waals surface area contributed by atoms with E-state index in [0.717, 1.165) is 5.56 Å². The van der Waals surface area contributed by atoms with Crippen molar-refractivity contribution in [2.24, 2.45) is 33.8 Å². The van der Waals surface area contributed by atoms with Crippen LogP contribution in [0.25, 0.3) is 0 Å². The van der Waals surface area contributed by atoms with Crippen molar-refractivity contribution in [3.05, 3.63) is 71.8 Å². The summed E-state index contributed by atoms with van der Waals surface area (Å²) in [6, 6.07) is 10.5. The Morgan fingerprint density at radius 1 is 0.571 bits per heavy atom. The molecule has 2 aromatic carbocycles. The number of Topliss-reactive ketones (excluding diaryl/α,β-unsaturated/α-hetero) is 1. The Balaban J connectivity index is 2.47. The van der Waals surface area contributed by atoms with Crippen LogP contribution in [0.3, 0.4) is 0 Å². The minimum Gasteiger partial charge on any atom is -0.394 e. The number of amides is 6. The molecule has 0 radical (unpaired) electrons. The van der Waals surface area contributed by atoms with E-state index in [9.17, 15) is 38.7 Å². The minimum absolute atomic E-state index is 0.00154. The molecule has 2 aromatic rings. The van der Waals surface area contributed by atoms with Crippen molar-refractivity contribution >= 4 is 47.2 Å². The first-order valence-corrected chi connectivity index (χ1v) is 21.5. The van der Waals surface area contributed by atoms with Crippen molar-refractivity contribution in [2.75, 3.05) is 19.7 Å². The smallest absolute Gasteiger partial charge is 0.245 e. The SMILES string of the molecule is CC(C)N[C@@H](CCC(N)=O)C(=O)N[C@@H](CO)C(=O)N[C@@H](Cc1ccccc1)C(=O)N[C@@H](CCCN=C(N)N)C(=O)N[C@@H](Cc1ccccc1)C(=O)N[C@@H](CCCCN)C(=O)C(C)C. The van der Waals surface area contributed by atoms with E-state index in [1.54, 1.807) is 82.3 Å². The van der Waals surface area contributed by atoms with Crippen LogP contribution in [0, 0.1) is 5.92 Å². The first kappa shape index (κ1) is 53.2. The summed E-state index contributed by atoms with van der Waals surface area (Å²) in [6.45, 7) is 6.75. The number of nitrogens with one attached hydrogen (secondary N) is 6. The summed E-state index contributed by atoms with van der Waals surface area (Å²) < 4.78 is 0. The first-order valence-electron chi connectivity index (χ1n) is 21.5. The molecule has 6 amide bonds. The number of rotatable bonds is 30. The summed E-state index contributed by atoms with van der Waals surface area (Å²) >= 11 is 0. The van der Waals surface area contributed by atoms with Crippen LogP contribution < -0.4 is 54.8 Å². The first-order chi connectivity index (χ1) is 29.9. The lowest BCUT2D eigenvalue weighted by atomic mass is 9.96. The topological polar surface area (TPSA) is 328 Å². The summed E-state index contributed by atoms with van der Waals surface area (Å²) in [7, 11) is 0. The Morgan fingerprint density at radius 3 is 1.48 bits per heavy atom. The van der Waals surface area contributed by atoms with Crippen LogP contribution in [0.15, 0.2) is 65.7 Å². The average molecular weight is 880 g/mol. The molecule has 2 rings (SSSR count). The number of nitrogens with two attached hydrogens (primary N) is 4. The van der Waals surface area contributed by atoms with Gasteiger partial charge in [0.05, 0.1) is 18.7 Å².